The first kappa shape index (κ1) is 22.1. The van der Waals surface area contributed by atoms with Gasteiger partial charge >= 0.3 is 0 Å². The first-order valence-electron chi connectivity index (χ1n) is 9.72. The minimum absolute atomic E-state index is 0.0342. The van der Waals surface area contributed by atoms with Crippen molar-refractivity contribution in [1.29, 1.82) is 0 Å². The number of hydrogen-bond acceptors (Lipinski definition) is 7. The van der Waals surface area contributed by atoms with E-state index in [2.05, 4.69) is 20.2 Å². The highest BCUT2D eigenvalue weighted by atomic mass is 32.2. The molecule has 3 N–H and O–H groups in total. The fourth-order valence-corrected chi connectivity index (χ4v) is 6.61. The molecule has 2 heterocycles. The molecule has 0 unspecified atom stereocenters. The van der Waals surface area contributed by atoms with Crippen molar-refractivity contribution in [3.05, 3.63) is 64.6 Å². The van der Waals surface area contributed by atoms with Crippen LogP contribution in [0.2, 0.25) is 0 Å². The fraction of sp³-hybridized carbons (Fsp3) is 0.250. The molecule has 10 nitrogen and oxygen atoms in total. The van der Waals surface area contributed by atoms with Gasteiger partial charge in [-0.15, -0.1) is 0 Å². The molecule has 4 rings (SSSR count). The van der Waals surface area contributed by atoms with Gasteiger partial charge in [-0.25, -0.2) is 26.7 Å². The lowest BCUT2D eigenvalue weighted by atomic mass is 10.1. The third-order valence-corrected chi connectivity index (χ3v) is 8.41. The van der Waals surface area contributed by atoms with Crippen LogP contribution >= 0.6 is 0 Å². The lowest BCUT2D eigenvalue weighted by molar-refractivity contribution is -0.115. The molecule has 0 bridgehead atoms. The Balaban J connectivity index is 1.43. The topological polar surface area (TPSA) is 155 Å². The Bertz CT molecular complexity index is 1450. The zero-order chi connectivity index (χ0) is 22.9. The third kappa shape index (κ3) is 4.87. The van der Waals surface area contributed by atoms with Crippen molar-refractivity contribution >= 4 is 42.2 Å². The van der Waals surface area contributed by atoms with Crippen LogP contribution in [0.1, 0.15) is 12.1 Å². The highest BCUT2D eigenvalue weighted by Crippen LogP contribution is 2.18. The van der Waals surface area contributed by atoms with Crippen molar-refractivity contribution in [3.8, 4) is 0 Å². The van der Waals surface area contributed by atoms with E-state index in [1.54, 1.807) is 24.3 Å². The summed E-state index contributed by atoms with van der Waals surface area (Å²) in [7, 11) is -7.10. The maximum absolute atomic E-state index is 12.5. The molecular weight excluding hydrogens is 456 g/mol. The summed E-state index contributed by atoms with van der Waals surface area (Å²) in [6.07, 6.45) is 0.151. The molecular formula is C20H20N4O6S2. The molecule has 1 saturated heterocycles. The van der Waals surface area contributed by atoms with Gasteiger partial charge in [-0.2, -0.15) is 5.10 Å². The molecule has 1 fully saturated rings. The van der Waals surface area contributed by atoms with E-state index in [-0.39, 0.29) is 40.7 Å². The predicted octanol–water partition coefficient (Wildman–Crippen LogP) is 0.570. The number of H-pyrrole nitrogens is 1. The molecule has 0 radical (unpaired) electrons. The Hall–Kier alpha value is -3.09. The largest absolute Gasteiger partial charge is 0.326 e. The maximum Gasteiger partial charge on any atom is 0.272 e. The number of sulfone groups is 1. The number of sulfonamides is 1. The van der Waals surface area contributed by atoms with Crippen molar-refractivity contribution < 1.29 is 21.6 Å². The van der Waals surface area contributed by atoms with Crippen LogP contribution in [0.25, 0.3) is 10.8 Å². The van der Waals surface area contributed by atoms with E-state index < -0.39 is 25.9 Å². The Morgan fingerprint density at radius 2 is 1.78 bits per heavy atom. The third-order valence-electron chi connectivity index (χ3n) is 5.11. The van der Waals surface area contributed by atoms with Gasteiger partial charge in [0.05, 0.1) is 33.9 Å². The number of aromatic amines is 1. The molecule has 1 atom stereocenters. The molecule has 32 heavy (non-hydrogen) atoms. The first-order chi connectivity index (χ1) is 15.1. The zero-order valence-corrected chi connectivity index (χ0v) is 18.4. The number of nitrogens with zero attached hydrogens (tertiary/aromatic N) is 1. The van der Waals surface area contributed by atoms with Gasteiger partial charge in [0.1, 0.15) is 0 Å². The second-order valence-corrected chi connectivity index (χ2v) is 11.5. The van der Waals surface area contributed by atoms with E-state index in [1.807, 2.05) is 0 Å². The molecule has 0 spiro atoms. The van der Waals surface area contributed by atoms with E-state index in [0.29, 0.717) is 22.2 Å². The van der Waals surface area contributed by atoms with Crippen LogP contribution in [0, 0.1) is 0 Å². The first-order valence-corrected chi connectivity index (χ1v) is 13.0. The minimum atomic E-state index is -3.89. The Morgan fingerprint density at radius 3 is 2.44 bits per heavy atom. The van der Waals surface area contributed by atoms with Gasteiger partial charge in [0, 0.05) is 17.1 Å². The van der Waals surface area contributed by atoms with Crippen molar-refractivity contribution in [2.45, 2.75) is 23.8 Å². The van der Waals surface area contributed by atoms with Crippen molar-refractivity contribution in [2.75, 3.05) is 16.8 Å². The van der Waals surface area contributed by atoms with Gasteiger partial charge in [0.25, 0.3) is 5.56 Å². The summed E-state index contributed by atoms with van der Waals surface area (Å²) in [4.78, 5) is 24.3. The highest BCUT2D eigenvalue weighted by Gasteiger charge is 2.31. The maximum atomic E-state index is 12.5. The van der Waals surface area contributed by atoms with Crippen molar-refractivity contribution in [2.24, 2.45) is 0 Å². The normalized spacial score (nSPS) is 17.9. The summed E-state index contributed by atoms with van der Waals surface area (Å²) in [5.41, 5.74) is 0.448. The summed E-state index contributed by atoms with van der Waals surface area (Å²) >= 11 is 0. The summed E-state index contributed by atoms with van der Waals surface area (Å²) < 4.78 is 50.5. The smallest absolute Gasteiger partial charge is 0.272 e. The standard InChI is InChI=1S/C20H20N4O6S2/c25-19(11-18-16-3-1-2-4-17(16)20(26)23-22-18)21-13-5-7-15(8-6-13)32(29,30)24-14-9-10-31(27,28)12-14/h1-8,14,24H,9-12H2,(H,21,25)(H,23,26)/t14-/m0/s1. The number of anilines is 1. The number of benzene rings is 2. The molecule has 1 aliphatic heterocycles. The monoisotopic (exact) mass is 476 g/mol. The molecule has 168 valence electrons. The van der Waals surface area contributed by atoms with Crippen LogP contribution in [-0.2, 0) is 31.1 Å². The van der Waals surface area contributed by atoms with Crippen LogP contribution in [-0.4, -0.2) is 50.5 Å². The fourth-order valence-electron chi connectivity index (χ4n) is 3.56. The average Bonchev–Trinajstić information content (AvgIpc) is 3.08. The quantitative estimate of drug-likeness (QED) is 0.470. The molecule has 1 aliphatic rings. The summed E-state index contributed by atoms with van der Waals surface area (Å²) in [5, 5.41) is 10.0. The van der Waals surface area contributed by atoms with Gasteiger partial charge in [0.15, 0.2) is 9.84 Å². The summed E-state index contributed by atoms with van der Waals surface area (Å²) in [5.74, 6) is -0.641. The number of hydrogen-bond donors (Lipinski definition) is 3. The Kier molecular flexibility index (Phi) is 5.84. The second kappa shape index (κ2) is 8.45. The zero-order valence-electron chi connectivity index (χ0n) is 16.7. The molecule has 0 aliphatic carbocycles. The number of nitrogens with one attached hydrogen (secondary N) is 3. The lowest BCUT2D eigenvalue weighted by Crippen LogP contribution is -2.35. The van der Waals surface area contributed by atoms with E-state index in [9.17, 15) is 26.4 Å². The molecule has 2 aromatic carbocycles. The van der Waals surface area contributed by atoms with Gasteiger partial charge in [-0.05, 0) is 36.8 Å². The van der Waals surface area contributed by atoms with E-state index in [1.165, 1.54) is 24.3 Å². The highest BCUT2D eigenvalue weighted by molar-refractivity contribution is 7.92. The van der Waals surface area contributed by atoms with Gasteiger partial charge in [-0.1, -0.05) is 18.2 Å². The van der Waals surface area contributed by atoms with Gasteiger partial charge in [-0.3, -0.25) is 9.59 Å². The predicted molar refractivity (Wildman–Crippen MR) is 119 cm³/mol. The molecule has 3 aromatic rings. The van der Waals surface area contributed by atoms with Crippen molar-refractivity contribution in [1.82, 2.24) is 14.9 Å². The number of carbonyl (C=O) groups excluding carboxylic acids is 1. The van der Waals surface area contributed by atoms with Crippen LogP contribution in [0.3, 0.4) is 0 Å². The second-order valence-electron chi connectivity index (χ2n) is 7.52. The average molecular weight is 477 g/mol. The Morgan fingerprint density at radius 1 is 1.09 bits per heavy atom. The van der Waals surface area contributed by atoms with E-state index >= 15 is 0 Å². The summed E-state index contributed by atoms with van der Waals surface area (Å²) in [6.45, 7) is 0. The van der Waals surface area contributed by atoms with E-state index in [4.69, 9.17) is 0 Å². The molecule has 12 heteroatoms. The molecule has 0 saturated carbocycles. The number of aromatic nitrogens is 2. The van der Waals surface area contributed by atoms with Gasteiger partial charge < -0.3 is 5.32 Å². The number of fused-ring (bicyclic) bond motifs is 1. The van der Waals surface area contributed by atoms with Gasteiger partial charge in [0.2, 0.25) is 15.9 Å². The van der Waals surface area contributed by atoms with Crippen LogP contribution in [0.4, 0.5) is 5.69 Å². The van der Waals surface area contributed by atoms with Crippen LogP contribution < -0.4 is 15.6 Å². The molecule has 1 amide bonds. The van der Waals surface area contributed by atoms with Crippen LogP contribution in [0.15, 0.2) is 58.2 Å². The SMILES string of the molecule is O=C(Cc1n[nH]c(=O)c2ccccc12)Nc1ccc(S(=O)(=O)N[C@H]2CCS(=O)(=O)C2)cc1. The van der Waals surface area contributed by atoms with E-state index in [0.717, 1.165) is 0 Å². The minimum Gasteiger partial charge on any atom is -0.326 e. The number of rotatable bonds is 6. The molecule has 1 aromatic heterocycles. The van der Waals surface area contributed by atoms with Crippen LogP contribution in [0.5, 0.6) is 0 Å². The number of carbonyl (C=O) groups is 1. The summed E-state index contributed by atoms with van der Waals surface area (Å²) in [6, 6.07) is 11.7. The Labute approximate surface area is 184 Å². The van der Waals surface area contributed by atoms with Crippen molar-refractivity contribution in [3.63, 3.8) is 0 Å². The number of amides is 1. The lowest BCUT2D eigenvalue weighted by Gasteiger charge is -2.12.